The number of H-pyrrole nitrogens is 2. The van der Waals surface area contributed by atoms with Crippen molar-refractivity contribution in [3.05, 3.63) is 89.0 Å². The molecule has 2 aliphatic heterocycles. The fourth-order valence-corrected chi connectivity index (χ4v) is 6.04. The predicted molar refractivity (Wildman–Crippen MR) is 146 cm³/mol. The summed E-state index contributed by atoms with van der Waals surface area (Å²) in [6.45, 7) is 1.31. The summed E-state index contributed by atoms with van der Waals surface area (Å²) in [7, 11) is 1.58. The van der Waals surface area contributed by atoms with Gasteiger partial charge in [-0.2, -0.15) is 10.2 Å². The van der Waals surface area contributed by atoms with Gasteiger partial charge in [-0.05, 0) is 85.4 Å². The summed E-state index contributed by atoms with van der Waals surface area (Å²) in [4.78, 5) is 7.20. The zero-order valence-corrected chi connectivity index (χ0v) is 21.7. The number of nitrogens with one attached hydrogen (secondary N) is 2. The van der Waals surface area contributed by atoms with Crippen LogP contribution in [0.15, 0.2) is 66.1 Å². The number of ether oxygens (including phenoxy) is 2. The van der Waals surface area contributed by atoms with Crippen molar-refractivity contribution >= 4 is 16.5 Å². The second kappa shape index (κ2) is 9.81. The summed E-state index contributed by atoms with van der Waals surface area (Å²) in [6, 6.07) is 11.2. The zero-order valence-electron chi connectivity index (χ0n) is 21.7. The van der Waals surface area contributed by atoms with Gasteiger partial charge in [-0.15, -0.1) is 0 Å². The largest absolute Gasteiger partial charge is 0.496 e. The van der Waals surface area contributed by atoms with Crippen molar-refractivity contribution in [1.29, 1.82) is 0 Å². The number of hydrogen-bond donors (Lipinski definition) is 2. The molecule has 4 aromatic rings. The molecule has 7 rings (SSSR count). The molecule has 3 aliphatic rings. The predicted octanol–water partition coefficient (Wildman–Crippen LogP) is 6.20. The summed E-state index contributed by atoms with van der Waals surface area (Å²) in [5.41, 5.74) is 7.07. The lowest BCUT2D eigenvalue weighted by Crippen LogP contribution is -2.34. The van der Waals surface area contributed by atoms with Crippen molar-refractivity contribution in [2.45, 2.75) is 44.7 Å². The number of rotatable bonds is 6. The Kier molecular flexibility index (Phi) is 6.00. The highest BCUT2D eigenvalue weighted by Crippen LogP contribution is 2.42. The Morgan fingerprint density at radius 2 is 2.08 bits per heavy atom. The van der Waals surface area contributed by atoms with E-state index in [0.29, 0.717) is 23.7 Å². The summed E-state index contributed by atoms with van der Waals surface area (Å²) < 4.78 is 25.5. The number of aromatic amines is 2. The van der Waals surface area contributed by atoms with E-state index in [1.54, 1.807) is 19.4 Å². The Balaban J connectivity index is 1.19. The van der Waals surface area contributed by atoms with Crippen LogP contribution in [0.5, 0.6) is 5.75 Å². The Morgan fingerprint density at radius 1 is 1.13 bits per heavy atom. The van der Waals surface area contributed by atoms with E-state index in [1.165, 1.54) is 22.8 Å². The lowest BCUT2D eigenvalue weighted by atomic mass is 10.00. The van der Waals surface area contributed by atoms with Crippen molar-refractivity contribution in [1.82, 2.24) is 30.3 Å². The normalized spacial score (nSPS) is 19.3. The third kappa shape index (κ3) is 4.23. The molecule has 0 spiro atoms. The van der Waals surface area contributed by atoms with E-state index >= 15 is 0 Å². The van der Waals surface area contributed by atoms with Crippen molar-refractivity contribution in [2.75, 3.05) is 13.7 Å². The molecule has 0 radical (unpaired) electrons. The van der Waals surface area contributed by atoms with E-state index in [-0.39, 0.29) is 11.9 Å². The SMILES string of the molecule is COc1cccc(F)c1CN1CCCCC1c1nc(-c2ccc3[nH]nc(C4=C5C=COC=C5CC4)c3c2)n[nH]1. The fourth-order valence-electron chi connectivity index (χ4n) is 6.04. The van der Waals surface area contributed by atoms with Crippen LogP contribution in [-0.4, -0.2) is 43.9 Å². The maximum Gasteiger partial charge on any atom is 0.181 e. The third-order valence-corrected chi connectivity index (χ3v) is 8.03. The molecule has 39 heavy (non-hydrogen) atoms. The highest BCUT2D eigenvalue weighted by molar-refractivity contribution is 5.95. The summed E-state index contributed by atoms with van der Waals surface area (Å²) >= 11 is 0. The molecule has 8 nitrogen and oxygen atoms in total. The smallest absolute Gasteiger partial charge is 0.181 e. The first-order chi connectivity index (χ1) is 19.2. The molecule has 0 bridgehead atoms. The highest BCUT2D eigenvalue weighted by atomic mass is 19.1. The van der Waals surface area contributed by atoms with Crippen molar-refractivity contribution in [3.63, 3.8) is 0 Å². The van der Waals surface area contributed by atoms with E-state index in [9.17, 15) is 4.39 Å². The molecule has 9 heteroatoms. The molecule has 1 aliphatic carbocycles. The Morgan fingerprint density at radius 3 is 3.00 bits per heavy atom. The van der Waals surface area contributed by atoms with Crippen LogP contribution in [0.3, 0.4) is 0 Å². The lowest BCUT2D eigenvalue weighted by molar-refractivity contribution is 0.131. The second-order valence-corrected chi connectivity index (χ2v) is 10.3. The van der Waals surface area contributed by atoms with Gasteiger partial charge < -0.3 is 9.47 Å². The van der Waals surface area contributed by atoms with Gasteiger partial charge in [0.15, 0.2) is 5.82 Å². The van der Waals surface area contributed by atoms with Crippen molar-refractivity contribution in [3.8, 4) is 17.1 Å². The van der Waals surface area contributed by atoms with Crippen LogP contribution >= 0.6 is 0 Å². The fraction of sp³-hybridized carbons (Fsp3) is 0.300. The molecule has 0 saturated carbocycles. The van der Waals surface area contributed by atoms with Crippen LogP contribution in [0, 0.1) is 5.82 Å². The maximum atomic E-state index is 14.7. The van der Waals surface area contributed by atoms with Crippen LogP contribution in [0.1, 0.15) is 55.2 Å². The Hall–Kier alpha value is -4.24. The average molecular weight is 525 g/mol. The van der Waals surface area contributed by atoms with Gasteiger partial charge >= 0.3 is 0 Å². The molecule has 0 amide bonds. The van der Waals surface area contributed by atoms with E-state index < -0.39 is 0 Å². The first kappa shape index (κ1) is 23.8. The van der Waals surface area contributed by atoms with Gasteiger partial charge in [-0.1, -0.05) is 12.5 Å². The van der Waals surface area contributed by atoms with Gasteiger partial charge in [0.25, 0.3) is 0 Å². The number of piperidine rings is 1. The molecule has 1 fully saturated rings. The number of allylic oxidation sites excluding steroid dienone is 4. The van der Waals surface area contributed by atoms with Gasteiger partial charge in [0.05, 0.1) is 36.9 Å². The van der Waals surface area contributed by atoms with Crippen molar-refractivity contribution in [2.24, 2.45) is 0 Å². The van der Waals surface area contributed by atoms with Crippen LogP contribution in [0.2, 0.25) is 0 Å². The van der Waals surface area contributed by atoms with Crippen LogP contribution in [-0.2, 0) is 11.3 Å². The second-order valence-electron chi connectivity index (χ2n) is 10.3. The molecule has 2 N–H and O–H groups in total. The number of fused-ring (bicyclic) bond motifs is 2. The minimum atomic E-state index is -0.252. The molecule has 1 atom stereocenters. The summed E-state index contributed by atoms with van der Waals surface area (Å²) in [6.07, 6.45) is 10.5. The Bertz CT molecular complexity index is 1650. The van der Waals surface area contributed by atoms with Gasteiger partial charge in [-0.3, -0.25) is 15.1 Å². The number of halogens is 1. The summed E-state index contributed by atoms with van der Waals surface area (Å²) in [5.74, 6) is 1.76. The van der Waals surface area contributed by atoms with Crippen LogP contribution in [0.25, 0.3) is 27.9 Å². The zero-order chi connectivity index (χ0) is 26.3. The molecule has 4 heterocycles. The monoisotopic (exact) mass is 524 g/mol. The number of methoxy groups -OCH3 is 1. The van der Waals surface area contributed by atoms with Crippen LogP contribution < -0.4 is 4.74 Å². The summed E-state index contributed by atoms with van der Waals surface area (Å²) in [5, 5.41) is 16.7. The van der Waals surface area contributed by atoms with Crippen LogP contribution in [0.4, 0.5) is 4.39 Å². The molecule has 198 valence electrons. The topological polar surface area (TPSA) is 91.9 Å². The average Bonchev–Trinajstić information content (AvgIpc) is 3.72. The number of benzene rings is 2. The maximum absolute atomic E-state index is 14.7. The minimum Gasteiger partial charge on any atom is -0.496 e. The lowest BCUT2D eigenvalue weighted by Gasteiger charge is -2.34. The molecule has 2 aromatic carbocycles. The molecule has 1 unspecified atom stereocenters. The third-order valence-electron chi connectivity index (χ3n) is 8.03. The van der Waals surface area contributed by atoms with E-state index in [1.807, 2.05) is 30.5 Å². The standard InChI is InChI=1S/C30H29FN6O2/c1-38-27-7-4-5-24(31)23(27)16-37-13-3-2-6-26(37)30-32-29(35-36-30)18-9-11-25-22(15-18)28(34-33-25)21-10-8-19-17-39-14-12-20(19)21/h4-5,7,9,11-12,14-15,17,26H,2-3,6,8,10,13,16H2,1H3,(H,33,34)(H,32,35,36). The molecular formula is C30H29FN6O2. The first-order valence-corrected chi connectivity index (χ1v) is 13.4. The Labute approximate surface area is 225 Å². The highest BCUT2D eigenvalue weighted by Gasteiger charge is 2.29. The van der Waals surface area contributed by atoms with E-state index in [0.717, 1.165) is 66.6 Å². The van der Waals surface area contributed by atoms with E-state index in [2.05, 4.69) is 31.4 Å². The van der Waals surface area contributed by atoms with Crippen molar-refractivity contribution < 1.29 is 13.9 Å². The van der Waals surface area contributed by atoms with E-state index in [4.69, 9.17) is 14.5 Å². The number of nitrogens with zero attached hydrogens (tertiary/aromatic N) is 4. The van der Waals surface area contributed by atoms with Gasteiger partial charge in [0.1, 0.15) is 17.4 Å². The number of likely N-dealkylation sites (tertiary alicyclic amines) is 1. The van der Waals surface area contributed by atoms with Gasteiger partial charge in [0.2, 0.25) is 0 Å². The number of aromatic nitrogens is 5. The quantitative estimate of drug-likeness (QED) is 0.312. The molecule has 1 saturated heterocycles. The molecular weight excluding hydrogens is 495 g/mol. The first-order valence-electron chi connectivity index (χ1n) is 13.4. The molecule has 2 aromatic heterocycles. The van der Waals surface area contributed by atoms with Gasteiger partial charge in [-0.25, -0.2) is 9.37 Å². The number of hydrogen-bond acceptors (Lipinski definition) is 6. The minimum absolute atomic E-state index is 0.0217. The van der Waals surface area contributed by atoms with Gasteiger partial charge in [0, 0.05) is 23.1 Å².